The second kappa shape index (κ2) is 7.65. The molecule has 2 N–H and O–H groups in total. The molecule has 6 heteroatoms. The number of ether oxygens (including phenoxy) is 1. The van der Waals surface area contributed by atoms with Gasteiger partial charge in [0.1, 0.15) is 5.75 Å². The van der Waals surface area contributed by atoms with E-state index in [2.05, 4.69) is 0 Å². The zero-order chi connectivity index (χ0) is 16.8. The number of carbonyl (C=O) groups excluding carboxylic acids is 2. The van der Waals surface area contributed by atoms with E-state index in [1.54, 1.807) is 42.3 Å². The Bertz CT molecular complexity index is 701. The van der Waals surface area contributed by atoms with Gasteiger partial charge in [0.05, 0.1) is 0 Å². The highest BCUT2D eigenvalue weighted by molar-refractivity contribution is 6.31. The van der Waals surface area contributed by atoms with Crippen molar-refractivity contribution in [3.05, 3.63) is 64.7 Å². The maximum absolute atomic E-state index is 12.4. The number of carbonyl (C=O) groups is 2. The minimum atomic E-state index is -0.551. The molecule has 2 aromatic rings. The molecular formula is C17H17ClN2O3. The van der Waals surface area contributed by atoms with Crippen molar-refractivity contribution in [3.8, 4) is 5.75 Å². The molecule has 5 nitrogen and oxygen atoms in total. The Hall–Kier alpha value is -2.53. The third kappa shape index (κ3) is 4.72. The number of rotatable bonds is 6. The van der Waals surface area contributed by atoms with Crippen LogP contribution >= 0.6 is 11.6 Å². The Morgan fingerprint density at radius 3 is 2.39 bits per heavy atom. The molecule has 120 valence electrons. The predicted octanol–water partition coefficient (Wildman–Crippen LogP) is 2.48. The lowest BCUT2D eigenvalue weighted by Gasteiger charge is -2.18. The minimum Gasteiger partial charge on any atom is -0.484 e. The van der Waals surface area contributed by atoms with Crippen LogP contribution in [-0.4, -0.2) is 30.4 Å². The highest BCUT2D eigenvalue weighted by atomic mass is 35.5. The third-order valence-electron chi connectivity index (χ3n) is 3.19. The van der Waals surface area contributed by atoms with Crippen molar-refractivity contribution in [3.63, 3.8) is 0 Å². The van der Waals surface area contributed by atoms with Gasteiger partial charge in [-0.05, 0) is 35.9 Å². The largest absolute Gasteiger partial charge is 0.484 e. The van der Waals surface area contributed by atoms with Gasteiger partial charge in [0.2, 0.25) is 0 Å². The van der Waals surface area contributed by atoms with Crippen molar-refractivity contribution in [1.29, 1.82) is 0 Å². The predicted molar refractivity (Wildman–Crippen MR) is 88.4 cm³/mol. The fraction of sp³-hybridized carbons (Fsp3) is 0.176. The summed E-state index contributed by atoms with van der Waals surface area (Å²) in [4.78, 5) is 24.7. The number of benzene rings is 2. The average molecular weight is 333 g/mol. The first-order valence-electron chi connectivity index (χ1n) is 6.97. The van der Waals surface area contributed by atoms with Crippen LogP contribution in [0.15, 0.2) is 48.5 Å². The fourth-order valence-electron chi connectivity index (χ4n) is 2.02. The molecule has 0 aromatic heterocycles. The van der Waals surface area contributed by atoms with E-state index in [1.807, 2.05) is 18.2 Å². The summed E-state index contributed by atoms with van der Waals surface area (Å²) in [5.74, 6) is -0.204. The van der Waals surface area contributed by atoms with E-state index in [0.29, 0.717) is 22.9 Å². The van der Waals surface area contributed by atoms with Gasteiger partial charge < -0.3 is 15.4 Å². The van der Waals surface area contributed by atoms with Crippen LogP contribution in [-0.2, 0) is 11.3 Å². The molecule has 0 atom stereocenters. The van der Waals surface area contributed by atoms with Crippen LogP contribution in [0.5, 0.6) is 5.75 Å². The zero-order valence-corrected chi connectivity index (χ0v) is 13.4. The molecule has 0 saturated carbocycles. The summed E-state index contributed by atoms with van der Waals surface area (Å²) in [5, 5.41) is 0.627. The van der Waals surface area contributed by atoms with Gasteiger partial charge in [-0.15, -0.1) is 0 Å². The number of primary amides is 1. The topological polar surface area (TPSA) is 72.6 Å². The SMILES string of the molecule is CN(Cc1ccccc1Cl)C(=O)c1ccc(OCC(N)=O)cc1. The summed E-state index contributed by atoms with van der Waals surface area (Å²) in [6.45, 7) is 0.220. The average Bonchev–Trinajstić information content (AvgIpc) is 2.54. The summed E-state index contributed by atoms with van der Waals surface area (Å²) in [6.07, 6.45) is 0. The summed E-state index contributed by atoms with van der Waals surface area (Å²) in [6, 6.07) is 13.9. The summed E-state index contributed by atoms with van der Waals surface area (Å²) in [5.41, 5.74) is 6.41. The lowest BCUT2D eigenvalue weighted by Crippen LogP contribution is -2.26. The molecule has 0 fully saturated rings. The van der Waals surface area contributed by atoms with Crippen molar-refractivity contribution in [1.82, 2.24) is 4.90 Å². The number of hydrogen-bond donors (Lipinski definition) is 1. The molecule has 23 heavy (non-hydrogen) atoms. The van der Waals surface area contributed by atoms with Crippen molar-refractivity contribution >= 4 is 23.4 Å². The Kier molecular flexibility index (Phi) is 5.60. The van der Waals surface area contributed by atoms with E-state index in [0.717, 1.165) is 5.56 Å². The Morgan fingerprint density at radius 2 is 1.78 bits per heavy atom. The maximum Gasteiger partial charge on any atom is 0.255 e. The Labute approximate surface area is 139 Å². The Balaban J connectivity index is 2.02. The molecule has 0 spiro atoms. The summed E-state index contributed by atoms with van der Waals surface area (Å²) in [7, 11) is 1.71. The summed E-state index contributed by atoms with van der Waals surface area (Å²) >= 11 is 6.11. The maximum atomic E-state index is 12.4. The van der Waals surface area contributed by atoms with Gasteiger partial charge in [-0.2, -0.15) is 0 Å². The second-order valence-electron chi connectivity index (χ2n) is 5.03. The van der Waals surface area contributed by atoms with Crippen molar-refractivity contribution in [2.24, 2.45) is 5.73 Å². The molecule has 0 aliphatic rings. The first-order chi connectivity index (χ1) is 11.0. The van der Waals surface area contributed by atoms with E-state index < -0.39 is 5.91 Å². The van der Waals surface area contributed by atoms with Crippen molar-refractivity contribution in [2.45, 2.75) is 6.54 Å². The standard InChI is InChI=1S/C17H17ClN2O3/c1-20(10-13-4-2-3-5-15(13)18)17(22)12-6-8-14(9-7-12)23-11-16(19)21/h2-9H,10-11H2,1H3,(H2,19,21). The van der Waals surface area contributed by atoms with E-state index in [1.165, 1.54) is 0 Å². The number of nitrogens with two attached hydrogens (primary N) is 1. The van der Waals surface area contributed by atoms with Crippen molar-refractivity contribution in [2.75, 3.05) is 13.7 Å². The molecule has 2 rings (SSSR count). The van der Waals surface area contributed by atoms with Crippen LogP contribution < -0.4 is 10.5 Å². The summed E-state index contributed by atoms with van der Waals surface area (Å²) < 4.78 is 5.16. The number of hydrogen-bond acceptors (Lipinski definition) is 3. The molecule has 2 amide bonds. The van der Waals surface area contributed by atoms with Gasteiger partial charge in [-0.25, -0.2) is 0 Å². The van der Waals surface area contributed by atoms with E-state index in [9.17, 15) is 9.59 Å². The fourth-order valence-corrected chi connectivity index (χ4v) is 2.22. The molecule has 0 bridgehead atoms. The monoisotopic (exact) mass is 332 g/mol. The van der Waals surface area contributed by atoms with Crippen LogP contribution in [0.1, 0.15) is 15.9 Å². The molecule has 0 unspecified atom stereocenters. The molecule has 0 radical (unpaired) electrons. The third-order valence-corrected chi connectivity index (χ3v) is 3.56. The van der Waals surface area contributed by atoms with Gasteiger partial charge in [-0.3, -0.25) is 9.59 Å². The molecule has 0 aliphatic heterocycles. The molecule has 2 aromatic carbocycles. The van der Waals surface area contributed by atoms with Gasteiger partial charge >= 0.3 is 0 Å². The number of halogens is 1. The molecule has 0 aliphatic carbocycles. The normalized spacial score (nSPS) is 10.2. The van der Waals surface area contributed by atoms with Crippen LogP contribution in [0.3, 0.4) is 0 Å². The highest BCUT2D eigenvalue weighted by Crippen LogP contribution is 2.18. The quantitative estimate of drug-likeness (QED) is 0.883. The van der Waals surface area contributed by atoms with Gasteiger partial charge in [0, 0.05) is 24.2 Å². The van der Waals surface area contributed by atoms with Crippen LogP contribution in [0, 0.1) is 0 Å². The lowest BCUT2D eigenvalue weighted by atomic mass is 10.1. The van der Waals surface area contributed by atoms with Crippen LogP contribution in [0.4, 0.5) is 0 Å². The van der Waals surface area contributed by atoms with E-state index in [4.69, 9.17) is 22.1 Å². The van der Waals surface area contributed by atoms with Crippen molar-refractivity contribution < 1.29 is 14.3 Å². The number of amides is 2. The van der Waals surface area contributed by atoms with Crippen LogP contribution in [0.2, 0.25) is 5.02 Å². The highest BCUT2D eigenvalue weighted by Gasteiger charge is 2.13. The zero-order valence-electron chi connectivity index (χ0n) is 12.7. The smallest absolute Gasteiger partial charge is 0.255 e. The first kappa shape index (κ1) is 16.8. The van der Waals surface area contributed by atoms with E-state index in [-0.39, 0.29) is 12.5 Å². The molecular weight excluding hydrogens is 316 g/mol. The molecule has 0 heterocycles. The van der Waals surface area contributed by atoms with Gasteiger partial charge in [0.15, 0.2) is 6.61 Å². The van der Waals surface area contributed by atoms with Gasteiger partial charge in [-0.1, -0.05) is 29.8 Å². The second-order valence-corrected chi connectivity index (χ2v) is 5.44. The minimum absolute atomic E-state index is 0.133. The number of nitrogens with zero attached hydrogens (tertiary/aromatic N) is 1. The lowest BCUT2D eigenvalue weighted by molar-refractivity contribution is -0.119. The van der Waals surface area contributed by atoms with Crippen LogP contribution in [0.25, 0.3) is 0 Å². The van der Waals surface area contributed by atoms with Gasteiger partial charge in [0.25, 0.3) is 11.8 Å². The first-order valence-corrected chi connectivity index (χ1v) is 7.35. The molecule has 0 saturated heterocycles. The van der Waals surface area contributed by atoms with E-state index >= 15 is 0 Å². The Morgan fingerprint density at radius 1 is 1.13 bits per heavy atom.